The van der Waals surface area contributed by atoms with Gasteiger partial charge in [-0.05, 0) is 115 Å². The van der Waals surface area contributed by atoms with Gasteiger partial charge in [0.25, 0.3) is 0 Å². The molecule has 4 nitrogen and oxygen atoms in total. The lowest BCUT2D eigenvalue weighted by atomic mass is 9.78. The first-order valence-corrected chi connectivity index (χ1v) is 31.3. The molecule has 434 valence electrons. The zero-order chi connectivity index (χ0) is 59.8. The quantitative estimate of drug-likeness (QED) is 0.0422. The summed E-state index contributed by atoms with van der Waals surface area (Å²) in [6.45, 7) is 22.4. The van der Waals surface area contributed by atoms with Crippen LogP contribution in [-0.4, -0.2) is 38.6 Å². The van der Waals surface area contributed by atoms with Crippen molar-refractivity contribution in [2.75, 3.05) is 36.0 Å². The highest BCUT2D eigenvalue weighted by atomic mass is 15.1. The molecule has 0 amide bonds. The largest absolute Gasteiger partial charge is 0.371 e. The summed E-state index contributed by atoms with van der Waals surface area (Å²) in [5.74, 6) is 1.18. The summed E-state index contributed by atoms with van der Waals surface area (Å²) in [4.78, 5) is 17.0. The Balaban J connectivity index is 1.30. The second-order valence-corrected chi connectivity index (χ2v) is 24.9. The van der Waals surface area contributed by atoms with Gasteiger partial charge in [0.2, 0.25) is 0 Å². The van der Waals surface area contributed by atoms with Crippen LogP contribution in [0.4, 0.5) is 22.7 Å². The van der Waals surface area contributed by atoms with Crippen molar-refractivity contribution in [1.82, 2.24) is 0 Å². The fourth-order valence-electron chi connectivity index (χ4n) is 12.8. The summed E-state index contributed by atoms with van der Waals surface area (Å²) in [5.41, 5.74) is 18.6. The molecule has 0 saturated carbocycles. The van der Waals surface area contributed by atoms with Crippen LogP contribution >= 0.6 is 0 Å². The van der Waals surface area contributed by atoms with Crippen molar-refractivity contribution in [3.63, 3.8) is 0 Å². The van der Waals surface area contributed by atoms with E-state index in [9.17, 15) is 0 Å². The molecule has 0 aliphatic rings. The van der Waals surface area contributed by atoms with Gasteiger partial charge >= 0.3 is 0 Å². The lowest BCUT2D eigenvalue weighted by Gasteiger charge is -2.33. The standard InChI is InChI=1S/C82H86N4/c1-59(2)55-85(56-60(3)4)71-51-73(77(63-33-17-9-18-34-63)64-35-19-10-20-36-64)81(74(52-71)78(65-37-21-11-22-38-65)66-39-23-12-24-40-66)83-49-50-84-82-75(79(67-41-25-13-26-42-67)68-43-27-14-28-44-68)53-72(86(57-61(5)6)58-62(7)8)54-76(82)80(69-45-29-15-30-46-69)70-47-31-16-32-48-70/h9-54,59-62,77-80H,55-58H2,1-8H3/b83-49+,84-50+. The average Bonchev–Trinajstić information content (AvgIpc) is 0.961. The van der Waals surface area contributed by atoms with Gasteiger partial charge in [0.15, 0.2) is 0 Å². The zero-order valence-corrected chi connectivity index (χ0v) is 51.8. The second-order valence-electron chi connectivity index (χ2n) is 24.9. The minimum atomic E-state index is -0.146. The van der Waals surface area contributed by atoms with Crippen LogP contribution in [0.15, 0.2) is 277 Å². The summed E-state index contributed by atoms with van der Waals surface area (Å²) in [7, 11) is 0. The third kappa shape index (κ3) is 15.0. The maximum atomic E-state index is 5.88. The highest BCUT2D eigenvalue weighted by molar-refractivity contribution is 6.18. The Morgan fingerprint density at radius 1 is 0.256 bits per heavy atom. The third-order valence-electron chi connectivity index (χ3n) is 16.2. The molecular formula is C82H86N4. The predicted molar refractivity (Wildman–Crippen MR) is 368 cm³/mol. The molecule has 4 heteroatoms. The van der Waals surface area contributed by atoms with Crippen LogP contribution in [0.5, 0.6) is 0 Å². The molecule has 0 N–H and O–H groups in total. The number of hydrogen-bond acceptors (Lipinski definition) is 4. The van der Waals surface area contributed by atoms with Gasteiger partial charge in [-0.3, -0.25) is 9.98 Å². The van der Waals surface area contributed by atoms with E-state index in [1.807, 2.05) is 12.4 Å². The maximum absolute atomic E-state index is 5.88. The molecule has 0 aliphatic heterocycles. The Bertz CT molecular complexity index is 3080. The van der Waals surface area contributed by atoms with Crippen molar-refractivity contribution in [3.8, 4) is 0 Å². The van der Waals surface area contributed by atoms with Crippen LogP contribution in [0.1, 0.15) is 146 Å². The van der Waals surface area contributed by atoms with Gasteiger partial charge in [-0.1, -0.05) is 298 Å². The molecule has 0 radical (unpaired) electrons. The molecule has 86 heavy (non-hydrogen) atoms. The number of nitrogens with zero attached hydrogens (tertiary/aromatic N) is 4. The molecule has 0 saturated heterocycles. The predicted octanol–water partition coefficient (Wildman–Crippen LogP) is 20.7. The highest BCUT2D eigenvalue weighted by Crippen LogP contribution is 2.49. The maximum Gasteiger partial charge on any atom is 0.0715 e. The van der Waals surface area contributed by atoms with Crippen molar-refractivity contribution >= 4 is 35.2 Å². The Morgan fingerprint density at radius 3 is 0.570 bits per heavy atom. The molecule has 0 spiro atoms. The SMILES string of the molecule is CC(C)CN(CC(C)C)c1cc(C(c2ccccc2)c2ccccc2)c(/N=C/C=N/c2c(C(c3ccccc3)c3ccccc3)cc(N(CC(C)C)CC(C)C)cc2C(c2ccccc2)c2ccccc2)c(C(c2ccccc2)c2ccccc2)c1. The number of aliphatic imine (C=N–C) groups is 2. The van der Waals surface area contributed by atoms with Gasteiger partial charge in [0.05, 0.1) is 11.4 Å². The van der Waals surface area contributed by atoms with E-state index in [-0.39, 0.29) is 23.7 Å². The molecule has 0 atom stereocenters. The molecule has 0 aliphatic carbocycles. The number of rotatable bonds is 25. The lowest BCUT2D eigenvalue weighted by Crippen LogP contribution is -2.31. The topological polar surface area (TPSA) is 31.2 Å². The van der Waals surface area contributed by atoms with E-state index in [1.54, 1.807) is 0 Å². The van der Waals surface area contributed by atoms with Crippen molar-refractivity contribution < 1.29 is 0 Å². The minimum Gasteiger partial charge on any atom is -0.371 e. The van der Waals surface area contributed by atoms with E-state index in [2.05, 4.69) is 332 Å². The fourth-order valence-corrected chi connectivity index (χ4v) is 12.8. The lowest BCUT2D eigenvalue weighted by molar-refractivity contribution is 0.552. The van der Waals surface area contributed by atoms with Crippen LogP contribution in [0.2, 0.25) is 0 Å². The van der Waals surface area contributed by atoms with Gasteiger partial charge < -0.3 is 9.80 Å². The normalized spacial score (nSPS) is 12.0. The highest BCUT2D eigenvalue weighted by Gasteiger charge is 2.31. The molecule has 0 unspecified atom stereocenters. The fraction of sp³-hybridized carbons (Fsp3) is 0.244. The van der Waals surface area contributed by atoms with Crippen LogP contribution in [0, 0.1) is 23.7 Å². The Morgan fingerprint density at radius 2 is 0.419 bits per heavy atom. The third-order valence-corrected chi connectivity index (χ3v) is 16.2. The Hall–Kier alpha value is -8.86. The van der Waals surface area contributed by atoms with Gasteiger partial charge in [-0.25, -0.2) is 0 Å². The minimum absolute atomic E-state index is 0.146. The summed E-state index contributed by atoms with van der Waals surface area (Å²) >= 11 is 0. The first-order chi connectivity index (χ1) is 42.0. The van der Waals surface area contributed by atoms with Gasteiger partial charge in [-0.15, -0.1) is 0 Å². The van der Waals surface area contributed by atoms with Crippen molar-refractivity contribution in [2.24, 2.45) is 33.7 Å². The molecule has 10 aromatic carbocycles. The first kappa shape index (κ1) is 60.3. The van der Waals surface area contributed by atoms with Crippen LogP contribution < -0.4 is 9.80 Å². The van der Waals surface area contributed by atoms with Gasteiger partial charge in [0, 0.05) is 73.7 Å². The summed E-state index contributed by atoms with van der Waals surface area (Å²) in [6.07, 6.45) is 3.99. The molecule has 0 heterocycles. The van der Waals surface area contributed by atoms with Crippen molar-refractivity contribution in [2.45, 2.75) is 79.1 Å². The van der Waals surface area contributed by atoms with E-state index < -0.39 is 0 Å². The molecule has 10 rings (SSSR count). The summed E-state index contributed by atoms with van der Waals surface area (Å²) < 4.78 is 0. The second kappa shape index (κ2) is 29.3. The average molecular weight is 1130 g/mol. The molecule has 0 bridgehead atoms. The van der Waals surface area contributed by atoms with E-state index in [0.29, 0.717) is 23.7 Å². The van der Waals surface area contributed by atoms with Crippen molar-refractivity contribution in [1.29, 1.82) is 0 Å². The first-order valence-electron chi connectivity index (χ1n) is 31.3. The van der Waals surface area contributed by atoms with Crippen LogP contribution in [0.25, 0.3) is 0 Å². The number of hydrogen-bond donors (Lipinski definition) is 0. The van der Waals surface area contributed by atoms with E-state index in [0.717, 1.165) is 59.8 Å². The summed E-state index contributed by atoms with van der Waals surface area (Å²) in [5, 5.41) is 0. The van der Waals surface area contributed by atoms with E-state index in [4.69, 9.17) is 9.98 Å². The van der Waals surface area contributed by atoms with Gasteiger partial charge in [-0.2, -0.15) is 0 Å². The van der Waals surface area contributed by atoms with Crippen LogP contribution in [-0.2, 0) is 0 Å². The Labute approximate surface area is 514 Å². The van der Waals surface area contributed by atoms with Crippen LogP contribution in [0.3, 0.4) is 0 Å². The number of benzene rings is 10. The number of anilines is 2. The zero-order valence-electron chi connectivity index (χ0n) is 51.8. The molecular weight excluding hydrogens is 1040 g/mol. The van der Waals surface area contributed by atoms with E-state index >= 15 is 0 Å². The molecule has 0 fully saturated rings. The molecule has 10 aromatic rings. The monoisotopic (exact) mass is 1130 g/mol. The Kier molecular flexibility index (Phi) is 20.5. The smallest absolute Gasteiger partial charge is 0.0715 e. The molecule has 0 aromatic heterocycles. The van der Waals surface area contributed by atoms with Crippen molar-refractivity contribution in [3.05, 3.63) is 334 Å². The van der Waals surface area contributed by atoms with Gasteiger partial charge in [0.1, 0.15) is 0 Å². The summed E-state index contributed by atoms with van der Waals surface area (Å²) in [6, 6.07) is 98.2. The van der Waals surface area contributed by atoms with E-state index in [1.165, 1.54) is 55.9 Å².